The third-order valence-corrected chi connectivity index (χ3v) is 3.66. The van der Waals surface area contributed by atoms with Gasteiger partial charge in [0.25, 0.3) is 0 Å². The van der Waals surface area contributed by atoms with Crippen molar-refractivity contribution in [2.75, 3.05) is 26.2 Å². The van der Waals surface area contributed by atoms with Crippen LogP contribution >= 0.6 is 0 Å². The number of hydrogen-bond donors (Lipinski definition) is 1. The number of likely N-dealkylation sites (tertiary alicyclic amines) is 1. The van der Waals surface area contributed by atoms with Crippen molar-refractivity contribution in [3.63, 3.8) is 0 Å². The van der Waals surface area contributed by atoms with E-state index in [2.05, 4.69) is 22.9 Å². The van der Waals surface area contributed by atoms with Crippen molar-refractivity contribution in [1.82, 2.24) is 9.88 Å². The SMILES string of the molecule is CCCOC1CCCN(C(CN)c2ccccn2)C1. The maximum atomic E-state index is 5.96. The molecule has 1 aliphatic heterocycles. The summed E-state index contributed by atoms with van der Waals surface area (Å²) in [6, 6.07) is 6.25. The zero-order chi connectivity index (χ0) is 13.5. The van der Waals surface area contributed by atoms with E-state index >= 15 is 0 Å². The van der Waals surface area contributed by atoms with Crippen LogP contribution in [-0.2, 0) is 4.74 Å². The van der Waals surface area contributed by atoms with E-state index in [-0.39, 0.29) is 6.04 Å². The van der Waals surface area contributed by atoms with Crippen molar-refractivity contribution in [3.8, 4) is 0 Å². The van der Waals surface area contributed by atoms with Gasteiger partial charge in [0.15, 0.2) is 0 Å². The topological polar surface area (TPSA) is 51.4 Å². The van der Waals surface area contributed by atoms with E-state index in [0.29, 0.717) is 12.6 Å². The van der Waals surface area contributed by atoms with E-state index in [1.807, 2.05) is 18.3 Å². The molecule has 1 saturated heterocycles. The third-order valence-electron chi connectivity index (χ3n) is 3.66. The fourth-order valence-corrected chi connectivity index (χ4v) is 2.70. The summed E-state index contributed by atoms with van der Waals surface area (Å²) >= 11 is 0. The number of nitrogens with two attached hydrogens (primary N) is 1. The second-order valence-corrected chi connectivity index (χ2v) is 5.14. The monoisotopic (exact) mass is 263 g/mol. The van der Waals surface area contributed by atoms with E-state index in [9.17, 15) is 0 Å². The largest absolute Gasteiger partial charge is 0.377 e. The lowest BCUT2D eigenvalue weighted by molar-refractivity contribution is -0.0123. The molecule has 0 bridgehead atoms. The molecule has 0 aromatic carbocycles. The molecule has 19 heavy (non-hydrogen) atoms. The molecule has 0 amide bonds. The van der Waals surface area contributed by atoms with Crippen molar-refractivity contribution in [2.45, 2.75) is 38.3 Å². The number of nitrogens with zero attached hydrogens (tertiary/aromatic N) is 2. The molecular formula is C15H25N3O. The van der Waals surface area contributed by atoms with Crippen molar-refractivity contribution in [1.29, 1.82) is 0 Å². The minimum atomic E-state index is 0.217. The molecule has 0 radical (unpaired) electrons. The Labute approximate surface area is 116 Å². The predicted octanol–water partition coefficient (Wildman–Crippen LogP) is 1.97. The molecule has 0 aliphatic carbocycles. The first-order chi connectivity index (χ1) is 9.35. The Morgan fingerprint density at radius 2 is 2.42 bits per heavy atom. The summed E-state index contributed by atoms with van der Waals surface area (Å²) in [5.74, 6) is 0. The van der Waals surface area contributed by atoms with Gasteiger partial charge in [-0.3, -0.25) is 9.88 Å². The lowest BCUT2D eigenvalue weighted by Crippen LogP contribution is -2.44. The normalized spacial score (nSPS) is 22.3. The highest BCUT2D eigenvalue weighted by Gasteiger charge is 2.26. The van der Waals surface area contributed by atoms with Gasteiger partial charge < -0.3 is 10.5 Å². The summed E-state index contributed by atoms with van der Waals surface area (Å²) in [4.78, 5) is 6.87. The number of hydrogen-bond acceptors (Lipinski definition) is 4. The van der Waals surface area contributed by atoms with E-state index in [1.54, 1.807) is 0 Å². The molecule has 106 valence electrons. The van der Waals surface area contributed by atoms with E-state index in [0.717, 1.165) is 38.2 Å². The molecule has 2 unspecified atom stereocenters. The van der Waals surface area contributed by atoms with Gasteiger partial charge in [-0.15, -0.1) is 0 Å². The average molecular weight is 263 g/mol. The maximum absolute atomic E-state index is 5.96. The van der Waals surface area contributed by atoms with Crippen LogP contribution in [0.5, 0.6) is 0 Å². The van der Waals surface area contributed by atoms with Gasteiger partial charge in [-0.1, -0.05) is 13.0 Å². The standard InChI is InChI=1S/C15H25N3O/c1-2-10-19-13-6-5-9-18(12-13)15(11-16)14-7-3-4-8-17-14/h3-4,7-8,13,15H,2,5-6,9-12,16H2,1H3. The first-order valence-corrected chi connectivity index (χ1v) is 7.31. The highest BCUT2D eigenvalue weighted by Crippen LogP contribution is 2.23. The number of ether oxygens (including phenoxy) is 1. The summed E-state index contributed by atoms with van der Waals surface area (Å²) in [6.45, 7) is 5.67. The first kappa shape index (κ1) is 14.4. The Kier molecular flexibility index (Phi) is 5.76. The van der Waals surface area contributed by atoms with Gasteiger partial charge in [0.05, 0.1) is 17.8 Å². The fraction of sp³-hybridized carbons (Fsp3) is 0.667. The molecule has 0 saturated carbocycles. The second kappa shape index (κ2) is 7.58. The molecular weight excluding hydrogens is 238 g/mol. The van der Waals surface area contributed by atoms with Crippen LogP contribution in [0.15, 0.2) is 24.4 Å². The van der Waals surface area contributed by atoms with E-state index < -0.39 is 0 Å². The van der Waals surface area contributed by atoms with Crippen molar-refractivity contribution >= 4 is 0 Å². The van der Waals surface area contributed by atoms with Crippen molar-refractivity contribution in [2.24, 2.45) is 5.73 Å². The molecule has 2 heterocycles. The molecule has 1 fully saturated rings. The van der Waals surface area contributed by atoms with Crippen molar-refractivity contribution < 1.29 is 4.74 Å². The smallest absolute Gasteiger partial charge is 0.0702 e. The van der Waals surface area contributed by atoms with Gasteiger partial charge in [0.1, 0.15) is 0 Å². The minimum absolute atomic E-state index is 0.217. The quantitative estimate of drug-likeness (QED) is 0.852. The average Bonchev–Trinajstić information content (AvgIpc) is 2.47. The molecule has 1 aromatic rings. The Balaban J connectivity index is 1.98. The summed E-state index contributed by atoms with van der Waals surface area (Å²) in [5, 5.41) is 0. The molecule has 2 rings (SSSR count). The predicted molar refractivity (Wildman–Crippen MR) is 76.9 cm³/mol. The molecule has 2 N–H and O–H groups in total. The Bertz CT molecular complexity index is 358. The van der Waals surface area contributed by atoms with Crippen LogP contribution in [0.4, 0.5) is 0 Å². The van der Waals surface area contributed by atoms with Crippen LogP contribution in [0.25, 0.3) is 0 Å². The van der Waals surface area contributed by atoms with E-state index in [1.165, 1.54) is 6.42 Å². The van der Waals surface area contributed by atoms with Gasteiger partial charge in [0, 0.05) is 25.9 Å². The Morgan fingerprint density at radius 3 is 3.11 bits per heavy atom. The summed E-state index contributed by atoms with van der Waals surface area (Å²) in [7, 11) is 0. The molecule has 1 aliphatic rings. The minimum Gasteiger partial charge on any atom is -0.377 e. The summed E-state index contributed by atoms with van der Waals surface area (Å²) < 4.78 is 5.89. The zero-order valence-electron chi connectivity index (χ0n) is 11.8. The Hall–Kier alpha value is -0.970. The van der Waals surface area contributed by atoms with Crippen LogP contribution in [0.2, 0.25) is 0 Å². The third kappa shape index (κ3) is 4.00. The number of piperidine rings is 1. The molecule has 4 heteroatoms. The molecule has 4 nitrogen and oxygen atoms in total. The number of rotatable bonds is 6. The van der Waals surface area contributed by atoms with Crippen LogP contribution in [0.1, 0.15) is 37.9 Å². The van der Waals surface area contributed by atoms with Crippen LogP contribution in [-0.4, -0.2) is 42.2 Å². The highest BCUT2D eigenvalue weighted by molar-refractivity contribution is 5.09. The Morgan fingerprint density at radius 1 is 1.53 bits per heavy atom. The zero-order valence-corrected chi connectivity index (χ0v) is 11.8. The maximum Gasteiger partial charge on any atom is 0.0702 e. The van der Waals surface area contributed by atoms with Crippen LogP contribution in [0, 0.1) is 0 Å². The summed E-state index contributed by atoms with van der Waals surface area (Å²) in [6.07, 6.45) is 5.61. The van der Waals surface area contributed by atoms with Gasteiger partial charge in [-0.2, -0.15) is 0 Å². The van der Waals surface area contributed by atoms with Crippen molar-refractivity contribution in [3.05, 3.63) is 30.1 Å². The fourth-order valence-electron chi connectivity index (χ4n) is 2.70. The van der Waals surface area contributed by atoms with Gasteiger partial charge in [0.2, 0.25) is 0 Å². The lowest BCUT2D eigenvalue weighted by atomic mass is 10.0. The highest BCUT2D eigenvalue weighted by atomic mass is 16.5. The summed E-state index contributed by atoms with van der Waals surface area (Å²) in [5.41, 5.74) is 7.03. The second-order valence-electron chi connectivity index (χ2n) is 5.14. The van der Waals surface area contributed by atoms with E-state index in [4.69, 9.17) is 10.5 Å². The molecule has 1 aromatic heterocycles. The van der Waals surface area contributed by atoms with Crippen LogP contribution in [0.3, 0.4) is 0 Å². The van der Waals surface area contributed by atoms with Crippen LogP contribution < -0.4 is 5.73 Å². The first-order valence-electron chi connectivity index (χ1n) is 7.31. The van der Waals surface area contributed by atoms with Gasteiger partial charge in [-0.05, 0) is 37.9 Å². The molecule has 2 atom stereocenters. The van der Waals surface area contributed by atoms with Gasteiger partial charge >= 0.3 is 0 Å². The number of aromatic nitrogens is 1. The van der Waals surface area contributed by atoms with Gasteiger partial charge in [-0.25, -0.2) is 0 Å². The number of pyridine rings is 1. The molecule has 0 spiro atoms. The lowest BCUT2D eigenvalue weighted by Gasteiger charge is -2.37.